The third-order valence-electron chi connectivity index (χ3n) is 3.95. The molecule has 0 saturated carbocycles. The summed E-state index contributed by atoms with van der Waals surface area (Å²) in [6.07, 6.45) is 2.27. The van der Waals surface area contributed by atoms with E-state index in [2.05, 4.69) is 49.1 Å². The summed E-state index contributed by atoms with van der Waals surface area (Å²) in [6.45, 7) is 8.00. The number of piperidine rings is 1. The van der Waals surface area contributed by atoms with Crippen LogP contribution in [0.15, 0.2) is 30.3 Å². The Kier molecular flexibility index (Phi) is 5.64. The van der Waals surface area contributed by atoms with Gasteiger partial charge in [0.05, 0.1) is 0 Å². The molecule has 1 aliphatic heterocycles. The van der Waals surface area contributed by atoms with Crippen molar-refractivity contribution in [2.45, 2.75) is 32.7 Å². The van der Waals surface area contributed by atoms with Crippen molar-refractivity contribution in [1.29, 1.82) is 0 Å². The van der Waals surface area contributed by atoms with Gasteiger partial charge in [-0.1, -0.05) is 44.2 Å². The quantitative estimate of drug-likeness (QED) is 0.913. The minimum absolute atomic E-state index is 0. The van der Waals surface area contributed by atoms with E-state index < -0.39 is 0 Å². The van der Waals surface area contributed by atoms with Crippen LogP contribution in [0.4, 0.5) is 0 Å². The van der Waals surface area contributed by atoms with Crippen LogP contribution >= 0.6 is 12.4 Å². The highest BCUT2D eigenvalue weighted by atomic mass is 35.5. The number of likely N-dealkylation sites (tertiary alicyclic amines) is 1. The molecule has 102 valence electrons. The van der Waals surface area contributed by atoms with Crippen LogP contribution in [0.3, 0.4) is 0 Å². The van der Waals surface area contributed by atoms with E-state index in [4.69, 9.17) is 5.73 Å². The molecule has 18 heavy (non-hydrogen) atoms. The second-order valence-electron chi connectivity index (χ2n) is 5.90. The van der Waals surface area contributed by atoms with Crippen LogP contribution in [0.2, 0.25) is 0 Å². The molecule has 1 aromatic rings. The molecule has 1 heterocycles. The zero-order valence-corrected chi connectivity index (χ0v) is 12.2. The normalized spacial score (nSPS) is 23.4. The van der Waals surface area contributed by atoms with Crippen LogP contribution in [0.5, 0.6) is 0 Å². The van der Waals surface area contributed by atoms with E-state index in [1.54, 1.807) is 0 Å². The Morgan fingerprint density at radius 3 is 2.56 bits per heavy atom. The number of rotatable bonds is 3. The first kappa shape index (κ1) is 15.5. The Labute approximate surface area is 117 Å². The molecule has 1 aromatic carbocycles. The molecule has 0 amide bonds. The predicted molar refractivity (Wildman–Crippen MR) is 80.2 cm³/mol. The summed E-state index contributed by atoms with van der Waals surface area (Å²) in [7, 11) is 0. The molecule has 2 nitrogen and oxygen atoms in total. The standard InChI is InChI=1S/C15H24N2.ClH/c1-15(2)12-17(11-9-14(15)16)10-8-13-6-4-3-5-7-13;/h3-7,14H,8-12,16H2,1-2H3;1H. The average Bonchev–Trinajstić information content (AvgIpc) is 2.32. The maximum absolute atomic E-state index is 6.16. The molecule has 1 aliphatic rings. The highest BCUT2D eigenvalue weighted by molar-refractivity contribution is 5.85. The number of nitrogens with two attached hydrogens (primary N) is 1. The molecule has 3 heteroatoms. The number of hydrogen-bond acceptors (Lipinski definition) is 2. The molecule has 0 aromatic heterocycles. The van der Waals surface area contributed by atoms with Gasteiger partial charge in [-0.2, -0.15) is 0 Å². The lowest BCUT2D eigenvalue weighted by molar-refractivity contribution is 0.0965. The van der Waals surface area contributed by atoms with Gasteiger partial charge in [-0.15, -0.1) is 12.4 Å². The van der Waals surface area contributed by atoms with Crippen molar-refractivity contribution in [3.8, 4) is 0 Å². The second-order valence-corrected chi connectivity index (χ2v) is 5.90. The Morgan fingerprint density at radius 1 is 1.28 bits per heavy atom. The summed E-state index contributed by atoms with van der Waals surface area (Å²) in [6, 6.07) is 11.1. The summed E-state index contributed by atoms with van der Waals surface area (Å²) < 4.78 is 0. The summed E-state index contributed by atoms with van der Waals surface area (Å²) >= 11 is 0. The fraction of sp³-hybridized carbons (Fsp3) is 0.600. The van der Waals surface area contributed by atoms with Crippen LogP contribution in [0.1, 0.15) is 25.8 Å². The van der Waals surface area contributed by atoms with Crippen LogP contribution < -0.4 is 5.73 Å². The topological polar surface area (TPSA) is 29.3 Å². The molecule has 0 spiro atoms. The van der Waals surface area contributed by atoms with E-state index in [0.717, 1.165) is 32.5 Å². The zero-order valence-electron chi connectivity index (χ0n) is 11.4. The van der Waals surface area contributed by atoms with Crippen LogP contribution in [-0.2, 0) is 6.42 Å². The van der Waals surface area contributed by atoms with E-state index in [9.17, 15) is 0 Å². The lowest BCUT2D eigenvalue weighted by Gasteiger charge is -2.42. The van der Waals surface area contributed by atoms with Crippen molar-refractivity contribution in [1.82, 2.24) is 4.90 Å². The molecule has 1 fully saturated rings. The van der Waals surface area contributed by atoms with Crippen LogP contribution in [0, 0.1) is 5.41 Å². The van der Waals surface area contributed by atoms with E-state index in [-0.39, 0.29) is 17.8 Å². The number of hydrogen-bond donors (Lipinski definition) is 1. The molecule has 0 bridgehead atoms. The zero-order chi connectivity index (χ0) is 12.3. The predicted octanol–water partition coefficient (Wildman–Crippen LogP) is 2.71. The smallest absolute Gasteiger partial charge is 0.0115 e. The first-order valence-electron chi connectivity index (χ1n) is 6.60. The summed E-state index contributed by atoms with van der Waals surface area (Å²) in [5, 5.41) is 0. The Bertz CT molecular complexity index is 351. The van der Waals surface area contributed by atoms with E-state index >= 15 is 0 Å². The molecule has 0 aliphatic carbocycles. The maximum atomic E-state index is 6.16. The monoisotopic (exact) mass is 268 g/mol. The summed E-state index contributed by atoms with van der Waals surface area (Å²) in [4.78, 5) is 2.55. The van der Waals surface area contributed by atoms with Gasteiger partial charge in [0.1, 0.15) is 0 Å². The highest BCUT2D eigenvalue weighted by Crippen LogP contribution is 2.27. The second kappa shape index (κ2) is 6.55. The number of nitrogens with zero attached hydrogens (tertiary/aromatic N) is 1. The van der Waals surface area contributed by atoms with Crippen molar-refractivity contribution in [2.24, 2.45) is 11.1 Å². The van der Waals surface area contributed by atoms with E-state index in [1.165, 1.54) is 5.56 Å². The van der Waals surface area contributed by atoms with Gasteiger partial charge in [-0.05, 0) is 30.4 Å². The van der Waals surface area contributed by atoms with Gasteiger partial charge < -0.3 is 10.6 Å². The minimum Gasteiger partial charge on any atom is -0.327 e. The summed E-state index contributed by atoms with van der Waals surface area (Å²) in [5.41, 5.74) is 7.84. The fourth-order valence-electron chi connectivity index (χ4n) is 2.61. The third kappa shape index (κ3) is 3.98. The van der Waals surface area contributed by atoms with Gasteiger partial charge in [-0.3, -0.25) is 0 Å². The van der Waals surface area contributed by atoms with Gasteiger partial charge >= 0.3 is 0 Å². The van der Waals surface area contributed by atoms with Crippen molar-refractivity contribution in [3.63, 3.8) is 0 Å². The Morgan fingerprint density at radius 2 is 1.94 bits per heavy atom. The van der Waals surface area contributed by atoms with Crippen molar-refractivity contribution in [3.05, 3.63) is 35.9 Å². The van der Waals surface area contributed by atoms with Crippen molar-refractivity contribution in [2.75, 3.05) is 19.6 Å². The van der Waals surface area contributed by atoms with Gasteiger partial charge in [-0.25, -0.2) is 0 Å². The first-order chi connectivity index (χ1) is 8.08. The van der Waals surface area contributed by atoms with Gasteiger partial charge in [0.2, 0.25) is 0 Å². The molecule has 1 unspecified atom stereocenters. The largest absolute Gasteiger partial charge is 0.327 e. The van der Waals surface area contributed by atoms with Crippen molar-refractivity contribution < 1.29 is 0 Å². The average molecular weight is 269 g/mol. The van der Waals surface area contributed by atoms with Gasteiger partial charge in [0, 0.05) is 19.1 Å². The molecule has 1 atom stereocenters. The lowest BCUT2D eigenvalue weighted by Crippen LogP contribution is -2.52. The van der Waals surface area contributed by atoms with Crippen LogP contribution in [0.25, 0.3) is 0 Å². The molecule has 1 saturated heterocycles. The Balaban J connectivity index is 0.00000162. The summed E-state index contributed by atoms with van der Waals surface area (Å²) in [5.74, 6) is 0. The van der Waals surface area contributed by atoms with Crippen molar-refractivity contribution >= 4 is 12.4 Å². The number of benzene rings is 1. The van der Waals surface area contributed by atoms with E-state index in [1.807, 2.05) is 0 Å². The fourth-order valence-corrected chi connectivity index (χ4v) is 2.61. The SMILES string of the molecule is CC1(C)CN(CCc2ccccc2)CCC1N.Cl. The molecular formula is C15H25ClN2. The van der Waals surface area contributed by atoms with Gasteiger partial charge in [0.25, 0.3) is 0 Å². The van der Waals surface area contributed by atoms with Gasteiger partial charge in [0.15, 0.2) is 0 Å². The number of halogens is 1. The van der Waals surface area contributed by atoms with E-state index in [0.29, 0.717) is 6.04 Å². The third-order valence-corrected chi connectivity index (χ3v) is 3.95. The first-order valence-corrected chi connectivity index (χ1v) is 6.60. The molecule has 2 N–H and O–H groups in total. The lowest BCUT2D eigenvalue weighted by atomic mass is 9.79. The molecule has 0 radical (unpaired) electrons. The maximum Gasteiger partial charge on any atom is 0.0115 e. The Hall–Kier alpha value is -0.570. The minimum atomic E-state index is 0. The van der Waals surface area contributed by atoms with Crippen LogP contribution in [-0.4, -0.2) is 30.6 Å². The highest BCUT2D eigenvalue weighted by Gasteiger charge is 2.32. The molecular weight excluding hydrogens is 244 g/mol. The molecule has 2 rings (SSSR count).